The molecule has 1 unspecified atom stereocenters. The van der Waals surface area contributed by atoms with Crippen LogP contribution in [0.5, 0.6) is 0 Å². The first-order chi connectivity index (χ1) is 14.2. The number of ether oxygens (including phenoxy) is 1. The van der Waals surface area contributed by atoms with Crippen molar-refractivity contribution in [1.29, 1.82) is 5.26 Å². The monoisotopic (exact) mass is 389 g/mol. The summed E-state index contributed by atoms with van der Waals surface area (Å²) in [7, 11) is 0. The van der Waals surface area contributed by atoms with Gasteiger partial charge in [0.1, 0.15) is 0 Å². The summed E-state index contributed by atoms with van der Waals surface area (Å²) in [5, 5.41) is 14.6. The molecule has 4 rings (SSSR count). The van der Waals surface area contributed by atoms with Crippen LogP contribution in [0.15, 0.2) is 48.7 Å². The minimum absolute atomic E-state index is 0.0167. The van der Waals surface area contributed by atoms with Crippen molar-refractivity contribution in [1.82, 2.24) is 14.7 Å². The van der Waals surface area contributed by atoms with Crippen LogP contribution in [0.4, 0.5) is 5.69 Å². The van der Waals surface area contributed by atoms with Gasteiger partial charge in [0.25, 0.3) is 11.8 Å². The highest BCUT2D eigenvalue weighted by Gasteiger charge is 2.23. The van der Waals surface area contributed by atoms with Crippen LogP contribution in [-0.2, 0) is 4.74 Å². The summed E-state index contributed by atoms with van der Waals surface area (Å²) in [6.45, 7) is 1.12. The number of carbonyl (C=O) groups is 2. The van der Waals surface area contributed by atoms with Gasteiger partial charge in [-0.15, -0.1) is 0 Å². The maximum Gasteiger partial charge on any atom is 0.292 e. The number of nitrogens with zero attached hydrogens (tertiary/aromatic N) is 3. The van der Waals surface area contributed by atoms with Crippen molar-refractivity contribution in [2.75, 3.05) is 18.5 Å². The fraction of sp³-hybridized carbons (Fsp3) is 0.238. The number of benzene rings is 1. The molecule has 1 fully saturated rings. The van der Waals surface area contributed by atoms with Gasteiger partial charge in [-0.05, 0) is 43.2 Å². The van der Waals surface area contributed by atoms with E-state index in [0.717, 1.165) is 12.8 Å². The van der Waals surface area contributed by atoms with Crippen molar-refractivity contribution in [3.8, 4) is 6.07 Å². The summed E-state index contributed by atoms with van der Waals surface area (Å²) in [5.41, 5.74) is 1.63. The molecular weight excluding hydrogens is 370 g/mol. The number of hydrogen-bond acceptors (Lipinski definition) is 5. The molecule has 2 amide bonds. The van der Waals surface area contributed by atoms with Crippen LogP contribution >= 0.6 is 0 Å². The SMILES string of the molecule is N#Cc1cccc(NC(=O)c2nc(C(=O)NCC3CCCO3)c3ccccn23)c1. The van der Waals surface area contributed by atoms with E-state index in [2.05, 4.69) is 15.6 Å². The van der Waals surface area contributed by atoms with Gasteiger partial charge in [0.15, 0.2) is 5.69 Å². The average molecular weight is 389 g/mol. The minimum atomic E-state index is -0.473. The lowest BCUT2D eigenvalue weighted by atomic mass is 10.2. The van der Waals surface area contributed by atoms with E-state index in [0.29, 0.717) is 29.9 Å². The Balaban J connectivity index is 1.58. The summed E-state index contributed by atoms with van der Waals surface area (Å²) in [6.07, 6.45) is 3.60. The number of hydrogen-bond donors (Lipinski definition) is 2. The second-order valence-electron chi connectivity index (χ2n) is 6.73. The molecular formula is C21H19N5O3. The number of carbonyl (C=O) groups excluding carboxylic acids is 2. The predicted octanol–water partition coefficient (Wildman–Crippen LogP) is 2.37. The second-order valence-corrected chi connectivity index (χ2v) is 6.73. The highest BCUT2D eigenvalue weighted by atomic mass is 16.5. The van der Waals surface area contributed by atoms with E-state index >= 15 is 0 Å². The van der Waals surface area contributed by atoms with Crippen molar-refractivity contribution in [2.24, 2.45) is 0 Å². The number of nitrogens with one attached hydrogen (secondary N) is 2. The number of amides is 2. The first kappa shape index (κ1) is 18.7. The number of rotatable bonds is 5. The van der Waals surface area contributed by atoms with Crippen molar-refractivity contribution >= 4 is 23.0 Å². The average Bonchev–Trinajstić information content (AvgIpc) is 3.40. The van der Waals surface area contributed by atoms with E-state index < -0.39 is 5.91 Å². The Kier molecular flexibility index (Phi) is 5.22. The number of imidazole rings is 1. The van der Waals surface area contributed by atoms with Gasteiger partial charge in [0.2, 0.25) is 5.82 Å². The van der Waals surface area contributed by atoms with E-state index in [9.17, 15) is 9.59 Å². The lowest BCUT2D eigenvalue weighted by Crippen LogP contribution is -2.32. The zero-order chi connectivity index (χ0) is 20.2. The number of aromatic nitrogens is 2. The highest BCUT2D eigenvalue weighted by molar-refractivity contribution is 6.06. The molecule has 1 atom stereocenters. The summed E-state index contributed by atoms with van der Waals surface area (Å²) >= 11 is 0. The number of pyridine rings is 1. The largest absolute Gasteiger partial charge is 0.376 e. The molecule has 0 radical (unpaired) electrons. The maximum absolute atomic E-state index is 12.8. The molecule has 2 aromatic heterocycles. The van der Waals surface area contributed by atoms with Crippen molar-refractivity contribution in [2.45, 2.75) is 18.9 Å². The van der Waals surface area contributed by atoms with Gasteiger partial charge >= 0.3 is 0 Å². The molecule has 1 aliphatic heterocycles. The molecule has 2 N–H and O–H groups in total. The zero-order valence-corrected chi connectivity index (χ0v) is 15.6. The quantitative estimate of drug-likeness (QED) is 0.696. The smallest absolute Gasteiger partial charge is 0.292 e. The Morgan fingerprint density at radius 1 is 1.24 bits per heavy atom. The fourth-order valence-electron chi connectivity index (χ4n) is 3.31. The molecule has 3 aromatic rings. The molecule has 0 spiro atoms. The molecule has 3 heterocycles. The molecule has 146 valence electrons. The topological polar surface area (TPSA) is 109 Å². The van der Waals surface area contributed by atoms with E-state index in [1.54, 1.807) is 53.1 Å². The molecule has 1 aromatic carbocycles. The van der Waals surface area contributed by atoms with E-state index in [-0.39, 0.29) is 23.5 Å². The third-order valence-corrected chi connectivity index (χ3v) is 4.73. The Morgan fingerprint density at radius 2 is 2.14 bits per heavy atom. The molecule has 0 bridgehead atoms. The van der Waals surface area contributed by atoms with Gasteiger partial charge in [0.05, 0.1) is 23.3 Å². The van der Waals surface area contributed by atoms with Gasteiger partial charge in [-0.3, -0.25) is 14.0 Å². The van der Waals surface area contributed by atoms with Crippen LogP contribution in [0.1, 0.15) is 39.5 Å². The third kappa shape index (κ3) is 3.95. The molecule has 29 heavy (non-hydrogen) atoms. The lowest BCUT2D eigenvalue weighted by Gasteiger charge is -2.09. The molecule has 8 nitrogen and oxygen atoms in total. The number of anilines is 1. The summed E-state index contributed by atoms with van der Waals surface area (Å²) in [5.74, 6) is -0.737. The van der Waals surface area contributed by atoms with Crippen LogP contribution in [0, 0.1) is 11.3 Å². The fourth-order valence-corrected chi connectivity index (χ4v) is 3.31. The summed E-state index contributed by atoms with van der Waals surface area (Å²) in [6, 6.07) is 13.9. The molecule has 1 saturated heterocycles. The predicted molar refractivity (Wildman–Crippen MR) is 106 cm³/mol. The van der Waals surface area contributed by atoms with Gasteiger partial charge < -0.3 is 15.4 Å². The lowest BCUT2D eigenvalue weighted by molar-refractivity contribution is 0.0855. The molecule has 0 aliphatic carbocycles. The normalized spacial score (nSPS) is 15.8. The maximum atomic E-state index is 12.8. The van der Waals surface area contributed by atoms with Crippen LogP contribution in [0.2, 0.25) is 0 Å². The van der Waals surface area contributed by atoms with Crippen molar-refractivity contribution in [3.63, 3.8) is 0 Å². The Morgan fingerprint density at radius 3 is 2.93 bits per heavy atom. The molecule has 0 saturated carbocycles. The van der Waals surface area contributed by atoms with Gasteiger partial charge in [-0.25, -0.2) is 4.98 Å². The molecule has 1 aliphatic rings. The van der Waals surface area contributed by atoms with Crippen LogP contribution < -0.4 is 10.6 Å². The van der Waals surface area contributed by atoms with Gasteiger partial charge in [-0.1, -0.05) is 12.1 Å². The van der Waals surface area contributed by atoms with Crippen LogP contribution in [0.25, 0.3) is 5.52 Å². The van der Waals surface area contributed by atoms with Gasteiger partial charge in [0, 0.05) is 25.0 Å². The second kappa shape index (κ2) is 8.12. The van der Waals surface area contributed by atoms with Crippen LogP contribution in [0.3, 0.4) is 0 Å². The molecule has 8 heteroatoms. The Hall–Kier alpha value is -3.70. The van der Waals surface area contributed by atoms with Crippen molar-refractivity contribution < 1.29 is 14.3 Å². The summed E-state index contributed by atoms with van der Waals surface area (Å²) < 4.78 is 7.10. The summed E-state index contributed by atoms with van der Waals surface area (Å²) in [4.78, 5) is 29.8. The first-order valence-corrected chi connectivity index (χ1v) is 9.34. The highest BCUT2D eigenvalue weighted by Crippen LogP contribution is 2.17. The number of nitriles is 1. The number of fused-ring (bicyclic) bond motifs is 1. The Labute approximate surface area is 167 Å². The van der Waals surface area contributed by atoms with E-state index in [1.807, 2.05) is 6.07 Å². The van der Waals surface area contributed by atoms with E-state index in [4.69, 9.17) is 10.00 Å². The third-order valence-electron chi connectivity index (χ3n) is 4.73. The standard InChI is InChI=1S/C21H19N5O3/c22-12-14-5-3-6-15(11-14)24-21(28)19-25-18(17-8-1-2-9-26(17)19)20(27)23-13-16-7-4-10-29-16/h1-3,5-6,8-9,11,16H,4,7,10,13H2,(H,23,27)(H,24,28). The van der Waals surface area contributed by atoms with E-state index in [1.165, 1.54) is 0 Å². The zero-order valence-electron chi connectivity index (χ0n) is 15.6. The van der Waals surface area contributed by atoms with Crippen LogP contribution in [-0.4, -0.2) is 40.5 Å². The first-order valence-electron chi connectivity index (χ1n) is 9.34. The van der Waals surface area contributed by atoms with Crippen molar-refractivity contribution in [3.05, 3.63) is 65.7 Å². The van der Waals surface area contributed by atoms with Gasteiger partial charge in [-0.2, -0.15) is 5.26 Å². The minimum Gasteiger partial charge on any atom is -0.376 e. The Bertz CT molecular complexity index is 1110.